The monoisotopic (exact) mass is 513 g/mol. The molecule has 0 atom stereocenters. The SMILES string of the molecule is COC(=O)CCn1c(=NC(=O)CCSc2ccc(Cl)cc2)sc2cc(S(N)(=O)=O)ccc21. The summed E-state index contributed by atoms with van der Waals surface area (Å²) in [5.74, 6) is -0.196. The molecule has 0 fully saturated rings. The lowest BCUT2D eigenvalue weighted by Gasteiger charge is -2.05. The molecule has 3 rings (SSSR count). The van der Waals surface area contributed by atoms with E-state index in [0.717, 1.165) is 16.2 Å². The van der Waals surface area contributed by atoms with Gasteiger partial charge in [-0.25, -0.2) is 13.6 Å². The normalized spacial score (nSPS) is 12.3. The van der Waals surface area contributed by atoms with Crippen LogP contribution in [0.3, 0.4) is 0 Å². The van der Waals surface area contributed by atoms with E-state index < -0.39 is 16.0 Å². The fraction of sp³-hybridized carbons (Fsp3) is 0.250. The summed E-state index contributed by atoms with van der Waals surface area (Å²) in [5, 5.41) is 5.87. The summed E-state index contributed by atoms with van der Waals surface area (Å²) in [5.41, 5.74) is 0.647. The highest BCUT2D eigenvalue weighted by atomic mass is 35.5. The van der Waals surface area contributed by atoms with Crippen LogP contribution in [-0.2, 0) is 30.9 Å². The van der Waals surface area contributed by atoms with E-state index in [9.17, 15) is 18.0 Å². The van der Waals surface area contributed by atoms with Crippen molar-refractivity contribution in [2.45, 2.75) is 29.2 Å². The number of carbonyl (C=O) groups is 2. The van der Waals surface area contributed by atoms with Crippen molar-refractivity contribution in [3.05, 3.63) is 52.3 Å². The molecule has 0 radical (unpaired) electrons. The molecule has 0 bridgehead atoms. The Labute approximate surface area is 198 Å². The van der Waals surface area contributed by atoms with Crippen LogP contribution in [-0.4, -0.2) is 37.7 Å². The standard InChI is InChI=1S/C20H20ClN3O5S3/c1-29-19(26)8-10-24-16-7-6-15(32(22,27)28)12-17(16)31-20(24)23-18(25)9-11-30-14-4-2-13(21)3-5-14/h2-7,12H,8-11H2,1H3,(H2,22,27,28). The van der Waals surface area contributed by atoms with Crippen LogP contribution < -0.4 is 9.94 Å². The number of sulfonamides is 1. The number of aromatic nitrogens is 1. The van der Waals surface area contributed by atoms with Gasteiger partial charge in [0.1, 0.15) is 0 Å². The van der Waals surface area contributed by atoms with Crippen molar-refractivity contribution >= 4 is 66.8 Å². The maximum absolute atomic E-state index is 12.5. The molecule has 32 heavy (non-hydrogen) atoms. The fourth-order valence-electron chi connectivity index (χ4n) is 2.79. The molecule has 0 aliphatic heterocycles. The van der Waals surface area contributed by atoms with Gasteiger partial charge < -0.3 is 9.30 Å². The van der Waals surface area contributed by atoms with Gasteiger partial charge >= 0.3 is 5.97 Å². The summed E-state index contributed by atoms with van der Waals surface area (Å²) < 4.78 is 30.3. The first-order chi connectivity index (χ1) is 15.2. The van der Waals surface area contributed by atoms with Gasteiger partial charge in [0.15, 0.2) is 4.80 Å². The molecule has 1 amide bonds. The molecule has 3 aromatic rings. The number of benzene rings is 2. The number of primary sulfonamides is 1. The lowest BCUT2D eigenvalue weighted by atomic mass is 10.3. The zero-order chi connectivity index (χ0) is 23.3. The van der Waals surface area contributed by atoms with Gasteiger partial charge in [0.2, 0.25) is 15.9 Å². The Morgan fingerprint density at radius 3 is 2.56 bits per heavy atom. The molecule has 0 aliphatic carbocycles. The van der Waals surface area contributed by atoms with E-state index in [1.165, 1.54) is 31.0 Å². The third-order valence-electron chi connectivity index (χ3n) is 4.37. The minimum absolute atomic E-state index is 0.0383. The van der Waals surface area contributed by atoms with Crippen molar-refractivity contribution in [1.82, 2.24) is 4.57 Å². The molecule has 0 saturated heterocycles. The second kappa shape index (κ2) is 10.6. The minimum atomic E-state index is -3.88. The summed E-state index contributed by atoms with van der Waals surface area (Å²) in [4.78, 5) is 29.7. The number of rotatable bonds is 8. The number of carbonyl (C=O) groups excluding carboxylic acids is 2. The average Bonchev–Trinajstić information content (AvgIpc) is 3.08. The number of esters is 1. The van der Waals surface area contributed by atoms with Gasteiger partial charge in [-0.15, -0.1) is 11.8 Å². The summed E-state index contributed by atoms with van der Waals surface area (Å²) in [6.45, 7) is 0.229. The van der Waals surface area contributed by atoms with Crippen LogP contribution in [0.5, 0.6) is 0 Å². The van der Waals surface area contributed by atoms with Crippen LogP contribution in [0.1, 0.15) is 12.8 Å². The molecule has 12 heteroatoms. The zero-order valence-corrected chi connectivity index (χ0v) is 20.2. The van der Waals surface area contributed by atoms with Crippen molar-refractivity contribution in [1.29, 1.82) is 0 Å². The van der Waals surface area contributed by atoms with Crippen molar-refractivity contribution in [3.63, 3.8) is 0 Å². The first-order valence-electron chi connectivity index (χ1n) is 9.36. The van der Waals surface area contributed by atoms with Gasteiger partial charge in [0.05, 0.1) is 28.6 Å². The second-order valence-corrected chi connectivity index (χ2v) is 10.8. The number of ether oxygens (including phenoxy) is 1. The molecular weight excluding hydrogens is 494 g/mol. The lowest BCUT2D eigenvalue weighted by molar-refractivity contribution is -0.140. The molecule has 170 valence electrons. The summed E-state index contributed by atoms with van der Waals surface area (Å²) in [7, 11) is -2.58. The topological polar surface area (TPSA) is 121 Å². The van der Waals surface area contributed by atoms with Gasteiger partial charge in [-0.2, -0.15) is 4.99 Å². The van der Waals surface area contributed by atoms with Crippen LogP contribution in [0.2, 0.25) is 5.02 Å². The van der Waals surface area contributed by atoms with Crippen molar-refractivity contribution in [2.24, 2.45) is 10.1 Å². The van der Waals surface area contributed by atoms with Gasteiger partial charge in [-0.1, -0.05) is 22.9 Å². The number of thiazole rings is 1. The van der Waals surface area contributed by atoms with Crippen LogP contribution in [0, 0.1) is 0 Å². The zero-order valence-electron chi connectivity index (χ0n) is 17.0. The Kier molecular flexibility index (Phi) is 8.12. The number of aryl methyl sites for hydroxylation is 1. The van der Waals surface area contributed by atoms with Crippen LogP contribution >= 0.6 is 34.7 Å². The smallest absolute Gasteiger partial charge is 0.307 e. The molecule has 0 aliphatic rings. The second-order valence-electron chi connectivity index (χ2n) is 6.59. The van der Waals surface area contributed by atoms with Crippen molar-refractivity contribution in [3.8, 4) is 0 Å². The Hall–Kier alpha value is -2.18. The number of hydrogen-bond acceptors (Lipinski definition) is 7. The first-order valence-corrected chi connectivity index (χ1v) is 13.1. The number of fused-ring (bicyclic) bond motifs is 1. The van der Waals surface area contributed by atoms with E-state index in [4.69, 9.17) is 21.5 Å². The average molecular weight is 514 g/mol. The number of hydrogen-bond donors (Lipinski definition) is 1. The maximum Gasteiger partial charge on any atom is 0.307 e. The summed E-state index contributed by atoms with van der Waals surface area (Å²) in [6.07, 6.45) is 0.286. The first kappa shape index (κ1) is 24.5. The summed E-state index contributed by atoms with van der Waals surface area (Å²) >= 11 is 8.54. The van der Waals surface area contributed by atoms with Crippen LogP contribution in [0.25, 0.3) is 10.2 Å². The van der Waals surface area contributed by atoms with E-state index in [-0.39, 0.29) is 30.2 Å². The van der Waals surface area contributed by atoms with Gasteiger partial charge in [0.25, 0.3) is 0 Å². The van der Waals surface area contributed by atoms with E-state index >= 15 is 0 Å². The Bertz CT molecular complexity index is 1310. The molecule has 0 unspecified atom stereocenters. The predicted molar refractivity (Wildman–Crippen MR) is 125 cm³/mol. The van der Waals surface area contributed by atoms with Crippen LogP contribution in [0.4, 0.5) is 0 Å². The Morgan fingerprint density at radius 2 is 1.91 bits per heavy atom. The Morgan fingerprint density at radius 1 is 1.19 bits per heavy atom. The maximum atomic E-state index is 12.5. The molecule has 0 spiro atoms. The minimum Gasteiger partial charge on any atom is -0.469 e. The Balaban J connectivity index is 1.86. The van der Waals surface area contributed by atoms with E-state index in [1.54, 1.807) is 22.8 Å². The molecule has 2 aromatic carbocycles. The van der Waals surface area contributed by atoms with Gasteiger partial charge in [-0.3, -0.25) is 9.59 Å². The van der Waals surface area contributed by atoms with Crippen LogP contribution in [0.15, 0.2) is 57.2 Å². The van der Waals surface area contributed by atoms with Gasteiger partial charge in [0, 0.05) is 28.6 Å². The molecule has 1 heterocycles. The number of nitrogens with two attached hydrogens (primary N) is 1. The number of methoxy groups -OCH3 is 1. The largest absolute Gasteiger partial charge is 0.469 e. The van der Waals surface area contributed by atoms with Crippen molar-refractivity contribution < 1.29 is 22.7 Å². The third kappa shape index (κ3) is 6.42. The highest BCUT2D eigenvalue weighted by Gasteiger charge is 2.14. The fourth-order valence-corrected chi connectivity index (χ4v) is 5.48. The summed E-state index contributed by atoms with van der Waals surface area (Å²) in [6, 6.07) is 11.7. The molecule has 0 saturated carbocycles. The quantitative estimate of drug-likeness (QED) is 0.365. The van der Waals surface area contributed by atoms with E-state index in [1.807, 2.05) is 12.1 Å². The molecule has 2 N–H and O–H groups in total. The highest BCUT2D eigenvalue weighted by Crippen LogP contribution is 2.23. The predicted octanol–water partition coefficient (Wildman–Crippen LogP) is 3.18. The van der Waals surface area contributed by atoms with Crippen molar-refractivity contribution in [2.75, 3.05) is 12.9 Å². The highest BCUT2D eigenvalue weighted by molar-refractivity contribution is 7.99. The number of amides is 1. The number of halogens is 1. The third-order valence-corrected chi connectivity index (χ3v) is 7.59. The number of nitrogens with zero attached hydrogens (tertiary/aromatic N) is 2. The lowest BCUT2D eigenvalue weighted by Crippen LogP contribution is -2.19. The number of thioether (sulfide) groups is 1. The van der Waals surface area contributed by atoms with E-state index in [0.29, 0.717) is 25.8 Å². The van der Waals surface area contributed by atoms with Gasteiger partial charge in [-0.05, 0) is 42.5 Å². The molecule has 1 aromatic heterocycles. The molecule has 8 nitrogen and oxygen atoms in total. The molecular formula is C20H20ClN3O5S3. The van der Waals surface area contributed by atoms with E-state index in [2.05, 4.69) is 4.99 Å².